The summed E-state index contributed by atoms with van der Waals surface area (Å²) in [6, 6.07) is 11.6. The van der Waals surface area contributed by atoms with Crippen LogP contribution in [0.2, 0.25) is 0 Å². The second kappa shape index (κ2) is 5.54. The molecule has 0 heterocycles. The lowest BCUT2D eigenvalue weighted by molar-refractivity contribution is 0.568. The summed E-state index contributed by atoms with van der Waals surface area (Å²) in [7, 11) is 1.87. The Kier molecular flexibility index (Phi) is 4.01. The van der Waals surface area contributed by atoms with Crippen molar-refractivity contribution in [1.82, 2.24) is 5.32 Å². The predicted molar refractivity (Wildman–Crippen MR) is 78.0 cm³/mol. The Morgan fingerprint density at radius 1 is 0.895 bits per heavy atom. The van der Waals surface area contributed by atoms with Gasteiger partial charge in [0.2, 0.25) is 0 Å². The van der Waals surface area contributed by atoms with Gasteiger partial charge in [0.05, 0.1) is 6.04 Å². The molecular formula is C17H20FN. The van der Waals surface area contributed by atoms with Crippen molar-refractivity contribution in [3.63, 3.8) is 0 Å². The molecule has 2 aromatic rings. The van der Waals surface area contributed by atoms with Crippen LogP contribution in [-0.2, 0) is 0 Å². The molecule has 1 N–H and O–H groups in total. The summed E-state index contributed by atoms with van der Waals surface area (Å²) in [6.45, 7) is 5.97. The minimum Gasteiger partial charge on any atom is -0.309 e. The monoisotopic (exact) mass is 257 g/mol. The minimum atomic E-state index is -0.122. The third-order valence-electron chi connectivity index (χ3n) is 3.78. The molecule has 1 unspecified atom stereocenters. The zero-order valence-corrected chi connectivity index (χ0v) is 11.9. The summed E-state index contributed by atoms with van der Waals surface area (Å²) in [5, 5.41) is 3.23. The van der Waals surface area contributed by atoms with Gasteiger partial charge in [0.1, 0.15) is 5.82 Å². The molecule has 0 fully saturated rings. The Bertz CT molecular complexity index is 538. The lowest BCUT2D eigenvalue weighted by Gasteiger charge is -2.21. The van der Waals surface area contributed by atoms with E-state index in [-0.39, 0.29) is 11.9 Å². The zero-order valence-electron chi connectivity index (χ0n) is 11.9. The van der Waals surface area contributed by atoms with Crippen LogP contribution in [0.1, 0.15) is 33.9 Å². The van der Waals surface area contributed by atoms with Gasteiger partial charge in [0.25, 0.3) is 0 Å². The molecule has 0 spiro atoms. The number of halogens is 1. The van der Waals surface area contributed by atoms with Crippen molar-refractivity contribution >= 4 is 0 Å². The van der Waals surface area contributed by atoms with Gasteiger partial charge >= 0.3 is 0 Å². The lowest BCUT2D eigenvalue weighted by atomic mass is 9.92. The van der Waals surface area contributed by atoms with Crippen molar-refractivity contribution in [2.24, 2.45) is 0 Å². The molecule has 100 valence electrons. The van der Waals surface area contributed by atoms with Crippen LogP contribution in [0.15, 0.2) is 36.4 Å². The van der Waals surface area contributed by atoms with E-state index in [1.165, 1.54) is 11.1 Å². The summed E-state index contributed by atoms with van der Waals surface area (Å²) in [5.41, 5.74) is 4.96. The maximum absolute atomic E-state index is 14.3. The number of nitrogens with one attached hydrogen (secondary N) is 1. The average Bonchev–Trinajstić information content (AvgIpc) is 2.40. The van der Waals surface area contributed by atoms with Crippen LogP contribution < -0.4 is 5.32 Å². The van der Waals surface area contributed by atoms with Crippen molar-refractivity contribution < 1.29 is 4.39 Å². The van der Waals surface area contributed by atoms with Crippen molar-refractivity contribution in [3.05, 3.63) is 70.0 Å². The molecule has 2 aromatic carbocycles. The van der Waals surface area contributed by atoms with Crippen LogP contribution in [0.3, 0.4) is 0 Å². The Balaban J connectivity index is 2.57. The third-order valence-corrected chi connectivity index (χ3v) is 3.78. The highest BCUT2D eigenvalue weighted by Gasteiger charge is 2.19. The van der Waals surface area contributed by atoms with Gasteiger partial charge < -0.3 is 5.32 Å². The highest BCUT2D eigenvalue weighted by molar-refractivity contribution is 5.42. The maximum Gasteiger partial charge on any atom is 0.131 e. The topological polar surface area (TPSA) is 12.0 Å². The molecule has 0 radical (unpaired) electrons. The number of hydrogen-bond acceptors (Lipinski definition) is 1. The molecule has 0 amide bonds. The van der Waals surface area contributed by atoms with Crippen molar-refractivity contribution in [1.29, 1.82) is 0 Å². The first-order valence-corrected chi connectivity index (χ1v) is 6.54. The zero-order chi connectivity index (χ0) is 14.0. The summed E-state index contributed by atoms with van der Waals surface area (Å²) >= 11 is 0. The van der Waals surface area contributed by atoms with Gasteiger partial charge in [-0.15, -0.1) is 0 Å². The summed E-state index contributed by atoms with van der Waals surface area (Å²) < 4.78 is 14.3. The normalized spacial score (nSPS) is 12.5. The van der Waals surface area contributed by atoms with E-state index in [2.05, 4.69) is 31.3 Å². The van der Waals surface area contributed by atoms with E-state index in [0.717, 1.165) is 5.56 Å². The maximum atomic E-state index is 14.3. The highest BCUT2D eigenvalue weighted by atomic mass is 19.1. The largest absolute Gasteiger partial charge is 0.309 e. The van der Waals surface area contributed by atoms with E-state index in [0.29, 0.717) is 11.1 Å². The van der Waals surface area contributed by atoms with E-state index in [9.17, 15) is 4.39 Å². The van der Waals surface area contributed by atoms with Gasteiger partial charge in [-0.2, -0.15) is 0 Å². The number of hydrogen-bond donors (Lipinski definition) is 1. The van der Waals surface area contributed by atoms with Gasteiger partial charge in [-0.25, -0.2) is 4.39 Å². The Morgan fingerprint density at radius 3 is 2.11 bits per heavy atom. The molecule has 0 saturated carbocycles. The quantitative estimate of drug-likeness (QED) is 0.874. The number of rotatable bonds is 3. The molecule has 1 atom stereocenters. The molecular weight excluding hydrogens is 237 g/mol. The van der Waals surface area contributed by atoms with Crippen LogP contribution in [0.5, 0.6) is 0 Å². The first kappa shape index (κ1) is 13.8. The molecule has 0 aliphatic heterocycles. The van der Waals surface area contributed by atoms with Crippen LogP contribution in [0, 0.1) is 26.6 Å². The molecule has 0 aromatic heterocycles. The van der Waals surface area contributed by atoms with Gasteiger partial charge in [0, 0.05) is 5.56 Å². The first-order chi connectivity index (χ1) is 9.06. The predicted octanol–water partition coefficient (Wildman–Crippen LogP) is 4.06. The van der Waals surface area contributed by atoms with Gasteiger partial charge in [-0.1, -0.05) is 36.4 Å². The van der Waals surface area contributed by atoms with Gasteiger partial charge in [-0.3, -0.25) is 0 Å². The summed E-state index contributed by atoms with van der Waals surface area (Å²) in [4.78, 5) is 0. The van der Waals surface area contributed by atoms with E-state index in [4.69, 9.17) is 0 Å². The van der Waals surface area contributed by atoms with Crippen LogP contribution in [-0.4, -0.2) is 7.05 Å². The highest BCUT2D eigenvalue weighted by Crippen LogP contribution is 2.28. The standard InChI is InChI=1S/C17H20FN/c1-11-7-5-9-14(13(11)3)17(19-4)15-10-6-8-12(2)16(15)18/h5-10,17,19H,1-4H3. The average molecular weight is 257 g/mol. The third kappa shape index (κ3) is 2.54. The smallest absolute Gasteiger partial charge is 0.131 e. The minimum absolute atomic E-state index is 0.111. The molecule has 0 saturated heterocycles. The Labute approximate surface area is 114 Å². The molecule has 0 bridgehead atoms. The molecule has 0 aliphatic carbocycles. The van der Waals surface area contributed by atoms with Crippen molar-refractivity contribution in [2.45, 2.75) is 26.8 Å². The fraction of sp³-hybridized carbons (Fsp3) is 0.294. The Hall–Kier alpha value is -1.67. The van der Waals surface area contributed by atoms with Crippen LogP contribution >= 0.6 is 0 Å². The molecule has 2 heteroatoms. The lowest BCUT2D eigenvalue weighted by Crippen LogP contribution is -2.20. The summed E-state index contributed by atoms with van der Waals surface area (Å²) in [5.74, 6) is -0.122. The fourth-order valence-corrected chi connectivity index (χ4v) is 2.46. The molecule has 19 heavy (non-hydrogen) atoms. The Morgan fingerprint density at radius 2 is 1.47 bits per heavy atom. The van der Waals surface area contributed by atoms with Crippen LogP contribution in [0.25, 0.3) is 0 Å². The van der Waals surface area contributed by atoms with E-state index in [1.54, 1.807) is 13.0 Å². The molecule has 2 rings (SSSR count). The first-order valence-electron chi connectivity index (χ1n) is 6.54. The summed E-state index contributed by atoms with van der Waals surface area (Å²) in [6.07, 6.45) is 0. The SMILES string of the molecule is CNC(c1cccc(C)c1C)c1cccc(C)c1F. The molecule has 1 nitrogen and oxygen atoms in total. The number of benzene rings is 2. The van der Waals surface area contributed by atoms with Gasteiger partial charge in [0.15, 0.2) is 0 Å². The number of aryl methyl sites for hydroxylation is 2. The fourth-order valence-electron chi connectivity index (χ4n) is 2.46. The van der Waals surface area contributed by atoms with Crippen LogP contribution in [0.4, 0.5) is 4.39 Å². The van der Waals surface area contributed by atoms with E-state index in [1.807, 2.05) is 25.2 Å². The molecule has 0 aliphatic rings. The van der Waals surface area contributed by atoms with E-state index < -0.39 is 0 Å². The van der Waals surface area contributed by atoms with Gasteiger partial charge in [-0.05, 0) is 50.1 Å². The van der Waals surface area contributed by atoms with Crippen molar-refractivity contribution in [2.75, 3.05) is 7.05 Å². The second-order valence-electron chi connectivity index (χ2n) is 4.99. The van der Waals surface area contributed by atoms with E-state index >= 15 is 0 Å². The second-order valence-corrected chi connectivity index (χ2v) is 4.99. The van der Waals surface area contributed by atoms with Crippen molar-refractivity contribution in [3.8, 4) is 0 Å².